The summed E-state index contributed by atoms with van der Waals surface area (Å²) in [5.74, 6) is -3.32. The molecule has 2 aromatic carbocycles. The van der Waals surface area contributed by atoms with E-state index in [1.54, 1.807) is 5.38 Å². The van der Waals surface area contributed by atoms with Crippen LogP contribution in [0.25, 0.3) is 0 Å². The second-order valence-corrected chi connectivity index (χ2v) is 11.2. The average molecular weight is 589 g/mol. The molecule has 0 unspecified atom stereocenters. The van der Waals surface area contributed by atoms with Crippen molar-refractivity contribution in [2.24, 2.45) is 0 Å². The number of hydrogen-bond donors (Lipinski definition) is 2. The molecule has 0 aliphatic carbocycles. The highest BCUT2D eigenvalue weighted by molar-refractivity contribution is 7.92. The molecular formula is C25H28F4N4O4S2. The van der Waals surface area contributed by atoms with Gasteiger partial charge in [0.2, 0.25) is 0 Å². The maximum atomic E-state index is 15.0. The van der Waals surface area contributed by atoms with Gasteiger partial charge in [0.05, 0.1) is 5.51 Å². The second kappa shape index (κ2) is 12.7. The first-order valence-corrected chi connectivity index (χ1v) is 14.3. The molecule has 212 valence electrons. The molecule has 3 aromatic rings. The van der Waals surface area contributed by atoms with Gasteiger partial charge in [-0.2, -0.15) is 13.2 Å². The number of aliphatic carboxylic acids is 1. The first-order chi connectivity index (χ1) is 18.3. The van der Waals surface area contributed by atoms with E-state index < -0.39 is 28.0 Å². The average Bonchev–Trinajstić information content (AvgIpc) is 3.56. The summed E-state index contributed by atoms with van der Waals surface area (Å²) < 4.78 is 74.6. The molecule has 2 N–H and O–H groups in total. The van der Waals surface area contributed by atoms with Crippen molar-refractivity contribution in [3.63, 3.8) is 0 Å². The van der Waals surface area contributed by atoms with Crippen LogP contribution in [0.4, 0.5) is 29.1 Å². The van der Waals surface area contributed by atoms with E-state index >= 15 is 4.39 Å². The van der Waals surface area contributed by atoms with Crippen molar-refractivity contribution >= 4 is 38.8 Å². The zero-order valence-corrected chi connectivity index (χ0v) is 22.8. The summed E-state index contributed by atoms with van der Waals surface area (Å²) in [7, 11) is -2.09. The van der Waals surface area contributed by atoms with E-state index in [4.69, 9.17) is 9.90 Å². The first kappa shape index (κ1) is 30.3. The zero-order chi connectivity index (χ0) is 28.8. The van der Waals surface area contributed by atoms with E-state index in [-0.39, 0.29) is 16.8 Å². The first-order valence-electron chi connectivity index (χ1n) is 11.8. The molecule has 1 saturated heterocycles. The van der Waals surface area contributed by atoms with Gasteiger partial charge < -0.3 is 10.0 Å². The van der Waals surface area contributed by atoms with E-state index in [9.17, 15) is 21.6 Å². The Labute approximate surface area is 228 Å². The number of benzene rings is 2. The molecule has 0 bridgehead atoms. The quantitative estimate of drug-likeness (QED) is 0.358. The number of nitrogens with zero attached hydrogens (tertiary/aromatic N) is 3. The van der Waals surface area contributed by atoms with Crippen LogP contribution in [-0.4, -0.2) is 61.7 Å². The minimum atomic E-state index is -5.08. The molecule has 0 amide bonds. The molecule has 0 radical (unpaired) electrons. The van der Waals surface area contributed by atoms with Crippen LogP contribution in [-0.2, 0) is 27.8 Å². The van der Waals surface area contributed by atoms with Crippen LogP contribution in [0.3, 0.4) is 0 Å². The second-order valence-electron chi connectivity index (χ2n) is 8.82. The lowest BCUT2D eigenvalue weighted by Gasteiger charge is -2.29. The van der Waals surface area contributed by atoms with E-state index in [1.165, 1.54) is 34.5 Å². The maximum Gasteiger partial charge on any atom is 0.490 e. The van der Waals surface area contributed by atoms with Gasteiger partial charge in [-0.25, -0.2) is 22.6 Å². The summed E-state index contributed by atoms with van der Waals surface area (Å²) in [6, 6.07) is 13.4. The Morgan fingerprint density at radius 1 is 1.26 bits per heavy atom. The third-order valence-corrected chi connectivity index (χ3v) is 8.10. The number of hydrogen-bond acceptors (Lipinski definition) is 7. The van der Waals surface area contributed by atoms with Gasteiger partial charge in [-0.3, -0.25) is 9.62 Å². The molecule has 0 saturated carbocycles. The Bertz CT molecular complexity index is 1350. The molecule has 39 heavy (non-hydrogen) atoms. The van der Waals surface area contributed by atoms with Crippen molar-refractivity contribution in [3.05, 3.63) is 70.3 Å². The molecule has 0 spiro atoms. The number of sulfonamides is 1. The lowest BCUT2D eigenvalue weighted by Crippen LogP contribution is -2.35. The summed E-state index contributed by atoms with van der Waals surface area (Å²) in [6.45, 7) is 4.68. The minimum absolute atomic E-state index is 0.193. The molecule has 4 rings (SSSR count). The molecule has 8 nitrogen and oxygen atoms in total. The van der Waals surface area contributed by atoms with E-state index in [0.29, 0.717) is 6.42 Å². The van der Waals surface area contributed by atoms with Gasteiger partial charge >= 0.3 is 12.1 Å². The van der Waals surface area contributed by atoms with Gasteiger partial charge in [-0.05, 0) is 36.1 Å². The summed E-state index contributed by atoms with van der Waals surface area (Å²) in [5.41, 5.74) is 4.34. The topological polar surface area (TPSA) is 103 Å². The Hall–Kier alpha value is -3.23. The number of nitrogens with one attached hydrogen (secondary N) is 1. The normalized spacial score (nSPS) is 15.9. The number of carbonyl (C=O) groups is 1. The Kier molecular flexibility index (Phi) is 9.91. The Balaban J connectivity index is 0.000000532. The number of rotatable bonds is 8. The van der Waals surface area contributed by atoms with Crippen molar-refractivity contribution < 1.29 is 35.9 Å². The monoisotopic (exact) mass is 588 g/mol. The van der Waals surface area contributed by atoms with Crippen LogP contribution >= 0.6 is 11.3 Å². The number of carboxylic acids is 1. The molecule has 1 aliphatic heterocycles. The number of likely N-dealkylation sites (tertiary alicyclic amines) is 1. The fourth-order valence-corrected chi connectivity index (χ4v) is 5.84. The van der Waals surface area contributed by atoms with Gasteiger partial charge in [0.1, 0.15) is 10.7 Å². The van der Waals surface area contributed by atoms with Crippen molar-refractivity contribution in [2.45, 2.75) is 43.4 Å². The van der Waals surface area contributed by atoms with E-state index in [0.717, 1.165) is 37.3 Å². The van der Waals surface area contributed by atoms with E-state index in [2.05, 4.69) is 31.6 Å². The van der Waals surface area contributed by atoms with Crippen LogP contribution in [0.15, 0.2) is 58.3 Å². The fourth-order valence-electron chi connectivity index (χ4n) is 4.17. The van der Waals surface area contributed by atoms with Gasteiger partial charge in [-0.1, -0.05) is 37.3 Å². The number of likely N-dealkylation sites (N-methyl/N-ethyl adjacent to an activating group) is 1. The summed E-state index contributed by atoms with van der Waals surface area (Å²) in [5, 5.41) is 8.69. The summed E-state index contributed by atoms with van der Waals surface area (Å²) in [4.78, 5) is 17.0. The smallest absolute Gasteiger partial charge is 0.475 e. The van der Waals surface area contributed by atoms with Crippen LogP contribution in [0.1, 0.15) is 24.5 Å². The lowest BCUT2D eigenvalue weighted by atomic mass is 10.1. The Morgan fingerprint density at radius 3 is 2.49 bits per heavy atom. The van der Waals surface area contributed by atoms with Crippen LogP contribution in [0.5, 0.6) is 0 Å². The van der Waals surface area contributed by atoms with Crippen molar-refractivity contribution in [3.8, 4) is 0 Å². The molecule has 14 heteroatoms. The van der Waals surface area contributed by atoms with Gasteiger partial charge in [0.15, 0.2) is 5.82 Å². The third-order valence-electron chi connectivity index (χ3n) is 6.14. The number of alkyl halides is 3. The molecule has 1 fully saturated rings. The van der Waals surface area contributed by atoms with Crippen LogP contribution in [0, 0.1) is 5.82 Å². The number of aromatic nitrogens is 1. The molecule has 1 aromatic heterocycles. The van der Waals surface area contributed by atoms with Crippen LogP contribution < -0.4 is 9.62 Å². The SMILES string of the molecule is CCc1cc(S(=O)(=O)Nc2cscn2)c(F)cc1N(C)[C@H]1CCN(Cc2ccccc2)C1.O=C(O)C(F)(F)F. The number of halogens is 4. The molecule has 1 aliphatic rings. The fraction of sp³-hybridized carbons (Fsp3) is 0.360. The van der Waals surface area contributed by atoms with Crippen molar-refractivity contribution in [1.82, 2.24) is 9.88 Å². The highest BCUT2D eigenvalue weighted by Gasteiger charge is 2.38. The maximum absolute atomic E-state index is 15.0. The summed E-state index contributed by atoms with van der Waals surface area (Å²) in [6.07, 6.45) is -3.51. The van der Waals surface area contributed by atoms with Gasteiger partial charge in [0.25, 0.3) is 10.0 Å². The number of aryl methyl sites for hydroxylation is 1. The third kappa shape index (κ3) is 8.13. The summed E-state index contributed by atoms with van der Waals surface area (Å²) >= 11 is 1.27. The molecule has 1 atom stereocenters. The minimum Gasteiger partial charge on any atom is -0.475 e. The Morgan fingerprint density at radius 2 is 1.92 bits per heavy atom. The highest BCUT2D eigenvalue weighted by atomic mass is 32.2. The number of anilines is 2. The van der Waals surface area contributed by atoms with Crippen molar-refractivity contribution in [1.29, 1.82) is 0 Å². The predicted octanol–water partition coefficient (Wildman–Crippen LogP) is 4.99. The molecule has 2 heterocycles. The van der Waals surface area contributed by atoms with Crippen molar-refractivity contribution in [2.75, 3.05) is 29.8 Å². The number of thiazole rings is 1. The highest BCUT2D eigenvalue weighted by Crippen LogP contribution is 2.31. The molecular weight excluding hydrogens is 560 g/mol. The zero-order valence-electron chi connectivity index (χ0n) is 21.2. The lowest BCUT2D eigenvalue weighted by molar-refractivity contribution is -0.192. The van der Waals surface area contributed by atoms with Gasteiger partial charge in [0, 0.05) is 43.8 Å². The van der Waals surface area contributed by atoms with E-state index in [1.807, 2.05) is 32.2 Å². The largest absolute Gasteiger partial charge is 0.490 e. The number of carboxylic acid groups (broad SMARTS) is 1. The van der Waals surface area contributed by atoms with Gasteiger partial charge in [-0.15, -0.1) is 11.3 Å². The van der Waals surface area contributed by atoms with Crippen LogP contribution in [0.2, 0.25) is 0 Å². The predicted molar refractivity (Wildman–Crippen MR) is 141 cm³/mol. The standard InChI is InChI=1S/C23H27FN4O2S2.C2HF3O2/c1-3-18-11-22(32(29,30)26-23-15-31-16-25-23)20(24)12-21(18)27(2)19-9-10-28(14-19)13-17-7-5-4-6-8-17;3-2(4,5)1(6)7/h4-8,11-12,15-16,19,26H,3,9-10,13-14H2,1-2H3;(H,6,7)/t19-;/m0./s1.